The minimum atomic E-state index is 0.493. The second kappa shape index (κ2) is 6.33. The van der Waals surface area contributed by atoms with Crippen LogP contribution in [0.15, 0.2) is 30.4 Å². The van der Waals surface area contributed by atoms with Gasteiger partial charge in [-0.2, -0.15) is 0 Å². The number of hydrogen-bond acceptors (Lipinski definition) is 2. The van der Waals surface area contributed by atoms with E-state index in [-0.39, 0.29) is 0 Å². The Labute approximate surface area is 89.1 Å². The maximum absolute atomic E-state index is 5.47. The highest BCUT2D eigenvalue weighted by Gasteiger charge is 2.00. The Balaban J connectivity index is 2.53. The first kappa shape index (κ1) is 10.9. The van der Waals surface area contributed by atoms with Gasteiger partial charge in [-0.15, -0.1) is 11.6 Å². The smallest absolute Gasteiger partial charge is 0.161 e. The quantitative estimate of drug-likeness (QED) is 0.551. The zero-order chi connectivity index (χ0) is 10.2. The second-order valence-electron chi connectivity index (χ2n) is 2.51. The Hall–Kier alpha value is -1.15. The fourth-order valence-electron chi connectivity index (χ4n) is 0.949. The van der Waals surface area contributed by atoms with Crippen LogP contribution in [-0.2, 0) is 0 Å². The molecule has 0 spiro atoms. The fourth-order valence-corrected chi connectivity index (χ4v) is 1.07. The van der Waals surface area contributed by atoms with Gasteiger partial charge in [-0.25, -0.2) is 0 Å². The van der Waals surface area contributed by atoms with Crippen molar-refractivity contribution in [2.75, 3.05) is 19.6 Å². The van der Waals surface area contributed by atoms with Gasteiger partial charge >= 0.3 is 0 Å². The molecule has 0 aliphatic carbocycles. The summed E-state index contributed by atoms with van der Waals surface area (Å²) in [6, 6.07) is 8.24. The summed E-state index contributed by atoms with van der Waals surface area (Å²) < 4.78 is 10.5. The molecule has 14 heavy (non-hydrogen) atoms. The van der Waals surface area contributed by atoms with E-state index in [1.54, 1.807) is 19.2 Å². The summed E-state index contributed by atoms with van der Waals surface area (Å²) in [5.41, 5.74) is 0. The lowest BCUT2D eigenvalue weighted by Crippen LogP contribution is -1.96. The van der Waals surface area contributed by atoms with Crippen molar-refractivity contribution < 1.29 is 9.47 Å². The second-order valence-corrected chi connectivity index (χ2v) is 2.82. The molecule has 0 aliphatic heterocycles. The van der Waals surface area contributed by atoms with Crippen LogP contribution in [0.25, 0.3) is 0 Å². The third-order valence-corrected chi connectivity index (χ3v) is 1.78. The zero-order valence-corrected chi connectivity index (χ0v) is 8.75. The number of halogens is 1. The van der Waals surface area contributed by atoms with E-state index < -0.39 is 0 Å². The molecule has 0 aliphatic rings. The first-order valence-electron chi connectivity index (χ1n) is 4.26. The predicted octanol–water partition coefficient (Wildman–Crippen LogP) is 2.67. The third kappa shape index (κ3) is 3.30. The number of alkyl halides is 1. The standard InChI is InChI=1S/C11H12ClO2/c1-13-10-6-2-3-7-11(10)14-9-5-4-8-12/h3-7H,8-9H2,1H3/b5-4-. The molecule has 75 valence electrons. The molecule has 2 nitrogen and oxygen atoms in total. The van der Waals surface area contributed by atoms with Crippen LogP contribution in [0.3, 0.4) is 0 Å². The van der Waals surface area contributed by atoms with Crippen molar-refractivity contribution in [2.24, 2.45) is 0 Å². The van der Waals surface area contributed by atoms with Gasteiger partial charge in [-0.1, -0.05) is 18.2 Å². The average molecular weight is 212 g/mol. The Morgan fingerprint density at radius 2 is 2.29 bits per heavy atom. The molecular formula is C11H12ClO2. The highest BCUT2D eigenvalue weighted by atomic mass is 35.5. The van der Waals surface area contributed by atoms with Crippen LogP contribution < -0.4 is 9.47 Å². The molecule has 1 aromatic rings. The van der Waals surface area contributed by atoms with E-state index in [0.29, 0.717) is 24.0 Å². The van der Waals surface area contributed by atoms with E-state index in [2.05, 4.69) is 6.07 Å². The van der Waals surface area contributed by atoms with Crippen molar-refractivity contribution in [3.8, 4) is 11.5 Å². The molecule has 0 N–H and O–H groups in total. The van der Waals surface area contributed by atoms with Crippen LogP contribution in [0.2, 0.25) is 0 Å². The van der Waals surface area contributed by atoms with Crippen molar-refractivity contribution in [1.29, 1.82) is 0 Å². The van der Waals surface area contributed by atoms with Crippen LogP contribution in [0.5, 0.6) is 11.5 Å². The maximum Gasteiger partial charge on any atom is 0.161 e. The van der Waals surface area contributed by atoms with Gasteiger partial charge in [0, 0.05) is 5.88 Å². The number of methoxy groups -OCH3 is 1. The van der Waals surface area contributed by atoms with E-state index in [1.807, 2.05) is 18.2 Å². The van der Waals surface area contributed by atoms with Crippen LogP contribution in [0, 0.1) is 6.07 Å². The fraction of sp³-hybridized carbons (Fsp3) is 0.273. The zero-order valence-electron chi connectivity index (χ0n) is 8.00. The largest absolute Gasteiger partial charge is 0.493 e. The van der Waals surface area contributed by atoms with E-state index in [0.717, 1.165) is 0 Å². The van der Waals surface area contributed by atoms with Gasteiger partial charge in [0.15, 0.2) is 11.5 Å². The average Bonchev–Trinajstić information content (AvgIpc) is 2.25. The van der Waals surface area contributed by atoms with E-state index in [9.17, 15) is 0 Å². The van der Waals surface area contributed by atoms with Crippen molar-refractivity contribution in [3.05, 3.63) is 36.4 Å². The number of ether oxygens (including phenoxy) is 2. The summed E-state index contributed by atoms with van der Waals surface area (Å²) in [4.78, 5) is 0. The molecular weight excluding hydrogens is 200 g/mol. The summed E-state index contributed by atoms with van der Waals surface area (Å²) in [5, 5.41) is 0. The Morgan fingerprint density at radius 3 is 3.00 bits per heavy atom. The van der Waals surface area contributed by atoms with Gasteiger partial charge in [-0.05, 0) is 18.2 Å². The molecule has 0 aromatic heterocycles. The third-order valence-electron chi connectivity index (χ3n) is 1.60. The molecule has 0 unspecified atom stereocenters. The molecule has 1 radical (unpaired) electrons. The molecule has 0 heterocycles. The summed E-state index contributed by atoms with van der Waals surface area (Å²) in [5.74, 6) is 1.90. The monoisotopic (exact) mass is 211 g/mol. The lowest BCUT2D eigenvalue weighted by Gasteiger charge is -2.07. The van der Waals surface area contributed by atoms with E-state index in [1.165, 1.54) is 0 Å². The van der Waals surface area contributed by atoms with E-state index >= 15 is 0 Å². The van der Waals surface area contributed by atoms with Crippen molar-refractivity contribution in [2.45, 2.75) is 0 Å². The highest BCUT2D eigenvalue weighted by Crippen LogP contribution is 2.25. The molecule has 3 heteroatoms. The molecule has 1 aromatic carbocycles. The predicted molar refractivity (Wildman–Crippen MR) is 57.2 cm³/mol. The summed E-state index contributed by atoms with van der Waals surface area (Å²) in [6.07, 6.45) is 3.70. The summed E-state index contributed by atoms with van der Waals surface area (Å²) in [7, 11) is 1.60. The highest BCUT2D eigenvalue weighted by molar-refractivity contribution is 6.18. The first-order valence-corrected chi connectivity index (χ1v) is 4.79. The maximum atomic E-state index is 5.47. The van der Waals surface area contributed by atoms with Gasteiger partial charge < -0.3 is 9.47 Å². The van der Waals surface area contributed by atoms with Crippen LogP contribution >= 0.6 is 11.6 Å². The molecule has 0 amide bonds. The molecule has 0 atom stereocenters. The Morgan fingerprint density at radius 1 is 1.43 bits per heavy atom. The first-order chi connectivity index (χ1) is 6.88. The molecule has 1 rings (SSSR count). The SMILES string of the molecule is COc1c[c]ccc1OC/C=C\CCl. The van der Waals surface area contributed by atoms with Gasteiger partial charge in [0.2, 0.25) is 0 Å². The number of benzene rings is 1. The van der Waals surface area contributed by atoms with Crippen LogP contribution in [-0.4, -0.2) is 19.6 Å². The number of allylic oxidation sites excluding steroid dienone is 1. The van der Waals surface area contributed by atoms with Gasteiger partial charge in [0.05, 0.1) is 7.11 Å². The Bertz CT molecular complexity index is 297. The normalized spacial score (nSPS) is 10.4. The lowest BCUT2D eigenvalue weighted by molar-refractivity contribution is 0.326. The van der Waals surface area contributed by atoms with Crippen molar-refractivity contribution >= 4 is 11.6 Å². The van der Waals surface area contributed by atoms with Crippen LogP contribution in [0.4, 0.5) is 0 Å². The molecule has 0 fully saturated rings. The summed E-state index contributed by atoms with van der Waals surface area (Å²) in [6.45, 7) is 0.493. The molecule has 0 bridgehead atoms. The van der Waals surface area contributed by atoms with Crippen molar-refractivity contribution in [1.82, 2.24) is 0 Å². The Kier molecular flexibility index (Phi) is 4.94. The van der Waals surface area contributed by atoms with Crippen LogP contribution in [0.1, 0.15) is 0 Å². The molecule has 0 saturated carbocycles. The van der Waals surface area contributed by atoms with Gasteiger partial charge in [-0.3, -0.25) is 0 Å². The van der Waals surface area contributed by atoms with E-state index in [4.69, 9.17) is 21.1 Å². The minimum absolute atomic E-state index is 0.493. The lowest BCUT2D eigenvalue weighted by atomic mass is 10.3. The van der Waals surface area contributed by atoms with Gasteiger partial charge in [0.1, 0.15) is 6.61 Å². The topological polar surface area (TPSA) is 18.5 Å². The summed E-state index contributed by atoms with van der Waals surface area (Å²) >= 11 is 5.47. The number of rotatable bonds is 5. The van der Waals surface area contributed by atoms with Gasteiger partial charge in [0.25, 0.3) is 0 Å². The minimum Gasteiger partial charge on any atom is -0.493 e. The van der Waals surface area contributed by atoms with Crippen molar-refractivity contribution in [3.63, 3.8) is 0 Å². The molecule has 0 saturated heterocycles. The number of hydrogen-bond donors (Lipinski definition) is 0.